The molecule has 0 radical (unpaired) electrons. The minimum Gasteiger partial charge on any atom is -0.381 e. The van der Waals surface area contributed by atoms with Gasteiger partial charge in [-0.2, -0.15) is 4.31 Å². The summed E-state index contributed by atoms with van der Waals surface area (Å²) >= 11 is 6.12. The Morgan fingerprint density at radius 1 is 1.07 bits per heavy atom. The zero-order chi connectivity index (χ0) is 19.0. The molecule has 148 valence electrons. The molecule has 1 aromatic rings. The molecule has 1 aliphatic carbocycles. The highest BCUT2D eigenvalue weighted by Crippen LogP contribution is 2.36. The van der Waals surface area contributed by atoms with Gasteiger partial charge in [0.15, 0.2) is 0 Å². The summed E-state index contributed by atoms with van der Waals surface area (Å²) in [6.45, 7) is 2.07. The summed E-state index contributed by atoms with van der Waals surface area (Å²) in [5.41, 5.74) is 0. The Morgan fingerprint density at radius 3 is 2.44 bits per heavy atom. The maximum Gasteiger partial charge on any atom is 0.244 e. The average Bonchev–Trinajstić information content (AvgIpc) is 3.41. The van der Waals surface area contributed by atoms with Gasteiger partial charge in [-0.05, 0) is 44.2 Å². The van der Waals surface area contributed by atoms with Crippen LogP contribution in [-0.2, 0) is 19.6 Å². The Balaban J connectivity index is 1.54. The SMILES string of the molecule is O=C(C1CC1)N(C1CCOCC1)C1CCN(S(=O)(=O)c2ccccc2Cl)C1. The molecule has 1 saturated carbocycles. The minimum absolute atomic E-state index is 0.0709. The Labute approximate surface area is 165 Å². The molecule has 3 aliphatic rings. The average molecular weight is 413 g/mol. The molecule has 1 aromatic carbocycles. The van der Waals surface area contributed by atoms with Crippen molar-refractivity contribution in [3.63, 3.8) is 0 Å². The molecular weight excluding hydrogens is 388 g/mol. The van der Waals surface area contributed by atoms with Crippen LogP contribution in [0.1, 0.15) is 32.1 Å². The van der Waals surface area contributed by atoms with Crippen molar-refractivity contribution in [1.29, 1.82) is 0 Å². The quantitative estimate of drug-likeness (QED) is 0.745. The third-order valence-electron chi connectivity index (χ3n) is 5.74. The Hall–Kier alpha value is -1.15. The Morgan fingerprint density at radius 2 is 1.78 bits per heavy atom. The fourth-order valence-electron chi connectivity index (χ4n) is 4.11. The number of hydrogen-bond donors (Lipinski definition) is 0. The predicted octanol–water partition coefficient (Wildman–Crippen LogP) is 2.52. The summed E-state index contributed by atoms with van der Waals surface area (Å²) in [7, 11) is -3.66. The number of ether oxygens (including phenoxy) is 1. The zero-order valence-electron chi connectivity index (χ0n) is 15.2. The van der Waals surface area contributed by atoms with Crippen LogP contribution in [0.15, 0.2) is 29.2 Å². The second-order valence-corrected chi connectivity index (χ2v) is 9.91. The van der Waals surface area contributed by atoms with Crippen molar-refractivity contribution in [2.24, 2.45) is 5.92 Å². The van der Waals surface area contributed by atoms with Crippen molar-refractivity contribution in [3.05, 3.63) is 29.3 Å². The van der Waals surface area contributed by atoms with E-state index in [-0.39, 0.29) is 33.8 Å². The van der Waals surface area contributed by atoms with E-state index >= 15 is 0 Å². The standard InChI is InChI=1S/C19H25ClN2O4S/c20-17-3-1-2-4-18(17)27(24,25)21-10-7-16(13-21)22(19(23)14-5-6-14)15-8-11-26-12-9-15/h1-4,14-16H,5-13H2. The second-order valence-electron chi connectivity index (χ2n) is 7.60. The lowest BCUT2D eigenvalue weighted by atomic mass is 10.0. The van der Waals surface area contributed by atoms with Crippen molar-refractivity contribution in [2.75, 3.05) is 26.3 Å². The number of amides is 1. The van der Waals surface area contributed by atoms with E-state index in [9.17, 15) is 13.2 Å². The molecule has 2 saturated heterocycles. The predicted molar refractivity (Wildman–Crippen MR) is 102 cm³/mol. The first-order chi connectivity index (χ1) is 13.0. The highest BCUT2D eigenvalue weighted by atomic mass is 35.5. The first-order valence-corrected chi connectivity index (χ1v) is 11.4. The number of carbonyl (C=O) groups is 1. The number of nitrogens with zero attached hydrogens (tertiary/aromatic N) is 2. The molecule has 0 bridgehead atoms. The lowest BCUT2D eigenvalue weighted by Gasteiger charge is -2.38. The molecule has 8 heteroatoms. The van der Waals surface area contributed by atoms with E-state index in [0.717, 1.165) is 25.7 Å². The summed E-state index contributed by atoms with van der Waals surface area (Å²) in [6.07, 6.45) is 4.22. The van der Waals surface area contributed by atoms with Gasteiger partial charge in [-0.3, -0.25) is 4.79 Å². The summed E-state index contributed by atoms with van der Waals surface area (Å²) in [4.78, 5) is 15.1. The van der Waals surface area contributed by atoms with E-state index in [1.807, 2.05) is 4.90 Å². The van der Waals surface area contributed by atoms with Gasteiger partial charge < -0.3 is 9.64 Å². The molecule has 0 spiro atoms. The molecule has 1 unspecified atom stereocenters. The van der Waals surface area contributed by atoms with Crippen molar-refractivity contribution >= 4 is 27.5 Å². The monoisotopic (exact) mass is 412 g/mol. The van der Waals surface area contributed by atoms with Crippen molar-refractivity contribution < 1.29 is 17.9 Å². The summed E-state index contributed by atoms with van der Waals surface area (Å²) in [5, 5.41) is 0.233. The number of benzene rings is 1. The fraction of sp³-hybridized carbons (Fsp3) is 0.632. The van der Waals surface area contributed by atoms with Crippen LogP contribution in [0.25, 0.3) is 0 Å². The van der Waals surface area contributed by atoms with Gasteiger partial charge in [0.05, 0.1) is 5.02 Å². The van der Waals surface area contributed by atoms with Gasteiger partial charge in [-0.1, -0.05) is 23.7 Å². The Kier molecular flexibility index (Phi) is 5.47. The maximum atomic E-state index is 13.0. The van der Waals surface area contributed by atoms with Crippen LogP contribution in [-0.4, -0.2) is 61.9 Å². The van der Waals surface area contributed by atoms with E-state index in [4.69, 9.17) is 16.3 Å². The van der Waals surface area contributed by atoms with Gasteiger partial charge in [0, 0.05) is 44.3 Å². The largest absolute Gasteiger partial charge is 0.381 e. The summed E-state index contributed by atoms with van der Waals surface area (Å²) in [5.74, 6) is 0.325. The van der Waals surface area contributed by atoms with Crippen LogP contribution >= 0.6 is 11.6 Å². The lowest BCUT2D eigenvalue weighted by Crippen LogP contribution is -2.51. The molecule has 1 amide bonds. The molecular formula is C19H25ClN2O4S. The Bertz CT molecular complexity index is 806. The number of rotatable bonds is 5. The smallest absolute Gasteiger partial charge is 0.244 e. The molecule has 0 aromatic heterocycles. The first-order valence-electron chi connectivity index (χ1n) is 9.63. The number of sulfonamides is 1. The molecule has 0 N–H and O–H groups in total. The molecule has 27 heavy (non-hydrogen) atoms. The van der Waals surface area contributed by atoms with Crippen LogP contribution in [0.5, 0.6) is 0 Å². The van der Waals surface area contributed by atoms with Crippen LogP contribution in [0.4, 0.5) is 0 Å². The van der Waals surface area contributed by atoms with Gasteiger partial charge >= 0.3 is 0 Å². The van der Waals surface area contributed by atoms with Crippen LogP contribution in [0, 0.1) is 5.92 Å². The minimum atomic E-state index is -3.66. The van der Waals surface area contributed by atoms with E-state index in [1.165, 1.54) is 10.4 Å². The van der Waals surface area contributed by atoms with Gasteiger partial charge in [0.25, 0.3) is 0 Å². The van der Waals surface area contributed by atoms with E-state index in [2.05, 4.69) is 0 Å². The first kappa shape index (κ1) is 19.2. The highest BCUT2D eigenvalue weighted by molar-refractivity contribution is 7.89. The lowest BCUT2D eigenvalue weighted by molar-refractivity contribution is -0.139. The molecule has 3 fully saturated rings. The normalized spacial score (nSPS) is 24.9. The van der Waals surface area contributed by atoms with Crippen molar-refractivity contribution in [3.8, 4) is 0 Å². The van der Waals surface area contributed by atoms with Crippen molar-refractivity contribution in [1.82, 2.24) is 9.21 Å². The molecule has 2 aliphatic heterocycles. The van der Waals surface area contributed by atoms with E-state index in [0.29, 0.717) is 32.7 Å². The molecule has 4 rings (SSSR count). The summed E-state index contributed by atoms with van der Waals surface area (Å²) < 4.78 is 33.0. The highest BCUT2D eigenvalue weighted by Gasteiger charge is 2.44. The van der Waals surface area contributed by atoms with Gasteiger partial charge in [0.2, 0.25) is 15.9 Å². The fourth-order valence-corrected chi connectivity index (χ4v) is 6.10. The van der Waals surface area contributed by atoms with Crippen LogP contribution < -0.4 is 0 Å². The second kappa shape index (κ2) is 7.70. The van der Waals surface area contributed by atoms with Gasteiger partial charge in [-0.15, -0.1) is 0 Å². The molecule has 2 heterocycles. The van der Waals surface area contributed by atoms with E-state index in [1.54, 1.807) is 18.2 Å². The zero-order valence-corrected chi connectivity index (χ0v) is 16.8. The number of carbonyl (C=O) groups excluding carboxylic acids is 1. The van der Waals surface area contributed by atoms with Crippen LogP contribution in [0.2, 0.25) is 5.02 Å². The maximum absolute atomic E-state index is 13.0. The number of hydrogen-bond acceptors (Lipinski definition) is 4. The van der Waals surface area contributed by atoms with Crippen molar-refractivity contribution in [2.45, 2.75) is 49.1 Å². The third-order valence-corrected chi connectivity index (χ3v) is 8.10. The van der Waals surface area contributed by atoms with Gasteiger partial charge in [-0.25, -0.2) is 8.42 Å². The van der Waals surface area contributed by atoms with E-state index < -0.39 is 10.0 Å². The summed E-state index contributed by atoms with van der Waals surface area (Å²) in [6, 6.07) is 6.61. The molecule has 1 atom stereocenters. The molecule has 6 nitrogen and oxygen atoms in total. The number of halogens is 1. The van der Waals surface area contributed by atoms with Gasteiger partial charge in [0.1, 0.15) is 4.90 Å². The van der Waals surface area contributed by atoms with Crippen LogP contribution in [0.3, 0.4) is 0 Å². The third kappa shape index (κ3) is 3.88. The topological polar surface area (TPSA) is 66.9 Å².